The highest BCUT2D eigenvalue weighted by Gasteiger charge is 2.18. The van der Waals surface area contributed by atoms with E-state index in [1.165, 1.54) is 17.4 Å². The first-order chi connectivity index (χ1) is 8.25. The number of halogens is 1. The summed E-state index contributed by atoms with van der Waals surface area (Å²) in [4.78, 5) is 12.2. The Morgan fingerprint density at radius 3 is 2.82 bits per heavy atom. The highest BCUT2D eigenvalue weighted by molar-refractivity contribution is 9.10. The van der Waals surface area contributed by atoms with Crippen LogP contribution in [0.1, 0.15) is 27.2 Å². The zero-order valence-electron chi connectivity index (χ0n) is 9.00. The lowest BCUT2D eigenvalue weighted by Gasteiger charge is -2.02. The second-order valence-electron chi connectivity index (χ2n) is 4.01. The Bertz CT molecular complexity index is 589. The van der Waals surface area contributed by atoms with Crippen molar-refractivity contribution in [3.8, 4) is 0 Å². The summed E-state index contributed by atoms with van der Waals surface area (Å²) < 4.78 is 5.88. The monoisotopic (exact) mass is 291 g/mol. The molecule has 0 radical (unpaired) electrons. The minimum Gasteiger partial charge on any atom is -0.460 e. The molecule has 86 valence electrons. The van der Waals surface area contributed by atoms with Crippen LogP contribution in [-0.4, -0.2) is 5.78 Å². The summed E-state index contributed by atoms with van der Waals surface area (Å²) >= 11 is 3.30. The summed E-state index contributed by atoms with van der Waals surface area (Å²) in [5.41, 5.74) is 3.13. The highest BCUT2D eigenvalue weighted by atomic mass is 79.9. The van der Waals surface area contributed by atoms with Crippen LogP contribution in [0.15, 0.2) is 39.4 Å². The number of carbonyl (C=O) groups is 1. The summed E-state index contributed by atoms with van der Waals surface area (Å²) in [5.74, 6) is 0.271. The SMILES string of the molecule is O=C(c1ccc2c(c1)CNC2)c1occc1Br. The molecule has 1 aliphatic heterocycles. The van der Waals surface area contributed by atoms with E-state index in [0.717, 1.165) is 13.1 Å². The van der Waals surface area contributed by atoms with Gasteiger partial charge in [-0.3, -0.25) is 4.79 Å². The first-order valence-electron chi connectivity index (χ1n) is 5.36. The van der Waals surface area contributed by atoms with Crippen molar-refractivity contribution in [2.45, 2.75) is 13.1 Å². The average Bonchev–Trinajstić information content (AvgIpc) is 2.95. The summed E-state index contributed by atoms with van der Waals surface area (Å²) in [6.07, 6.45) is 1.51. The summed E-state index contributed by atoms with van der Waals surface area (Å²) in [7, 11) is 0. The predicted molar refractivity (Wildman–Crippen MR) is 66.8 cm³/mol. The van der Waals surface area contributed by atoms with Gasteiger partial charge in [0.25, 0.3) is 0 Å². The number of hydrogen-bond donors (Lipinski definition) is 1. The van der Waals surface area contributed by atoms with Crippen molar-refractivity contribution < 1.29 is 9.21 Å². The van der Waals surface area contributed by atoms with Crippen molar-refractivity contribution >= 4 is 21.7 Å². The van der Waals surface area contributed by atoms with Gasteiger partial charge in [-0.05, 0) is 39.2 Å². The fourth-order valence-electron chi connectivity index (χ4n) is 2.02. The first-order valence-corrected chi connectivity index (χ1v) is 6.15. The zero-order valence-corrected chi connectivity index (χ0v) is 10.6. The average molecular weight is 292 g/mol. The lowest BCUT2D eigenvalue weighted by atomic mass is 10.0. The molecular weight excluding hydrogens is 282 g/mol. The molecule has 0 unspecified atom stereocenters. The molecule has 0 saturated carbocycles. The highest BCUT2D eigenvalue weighted by Crippen LogP contribution is 2.23. The van der Waals surface area contributed by atoms with Gasteiger partial charge in [0.15, 0.2) is 5.76 Å². The zero-order chi connectivity index (χ0) is 11.8. The molecule has 0 amide bonds. The maximum absolute atomic E-state index is 12.2. The maximum Gasteiger partial charge on any atom is 0.229 e. The summed E-state index contributed by atoms with van der Waals surface area (Å²) in [5, 5.41) is 3.26. The number of nitrogens with one attached hydrogen (secondary N) is 1. The largest absolute Gasteiger partial charge is 0.460 e. The van der Waals surface area contributed by atoms with E-state index in [-0.39, 0.29) is 5.78 Å². The van der Waals surface area contributed by atoms with Gasteiger partial charge in [0, 0.05) is 18.7 Å². The molecule has 0 atom stereocenters. The quantitative estimate of drug-likeness (QED) is 0.865. The second-order valence-corrected chi connectivity index (χ2v) is 4.87. The molecule has 17 heavy (non-hydrogen) atoms. The molecule has 1 aromatic carbocycles. The van der Waals surface area contributed by atoms with Crippen LogP contribution in [0.2, 0.25) is 0 Å². The standard InChI is InChI=1S/C13H10BrNO2/c14-11-3-4-17-13(11)12(16)8-1-2-9-6-15-7-10(9)5-8/h1-5,15H,6-7H2. The smallest absolute Gasteiger partial charge is 0.229 e. The number of carbonyl (C=O) groups excluding carboxylic acids is 1. The molecule has 4 heteroatoms. The number of furan rings is 1. The van der Waals surface area contributed by atoms with E-state index in [4.69, 9.17) is 4.42 Å². The third kappa shape index (κ3) is 1.83. The van der Waals surface area contributed by atoms with Crippen molar-refractivity contribution in [2.75, 3.05) is 0 Å². The van der Waals surface area contributed by atoms with E-state index in [0.29, 0.717) is 15.8 Å². The van der Waals surface area contributed by atoms with Crippen LogP contribution < -0.4 is 5.32 Å². The molecule has 0 saturated heterocycles. The molecule has 2 aromatic rings. The van der Waals surface area contributed by atoms with E-state index in [2.05, 4.69) is 21.2 Å². The van der Waals surface area contributed by atoms with Gasteiger partial charge < -0.3 is 9.73 Å². The van der Waals surface area contributed by atoms with Crippen molar-refractivity contribution in [3.05, 3.63) is 57.5 Å². The molecular formula is C13H10BrNO2. The van der Waals surface area contributed by atoms with E-state index < -0.39 is 0 Å². The van der Waals surface area contributed by atoms with Crippen LogP contribution in [0.4, 0.5) is 0 Å². The number of benzene rings is 1. The minimum absolute atomic E-state index is 0.0865. The van der Waals surface area contributed by atoms with Crippen molar-refractivity contribution in [3.63, 3.8) is 0 Å². The fourth-order valence-corrected chi connectivity index (χ4v) is 2.40. The van der Waals surface area contributed by atoms with Crippen molar-refractivity contribution in [1.29, 1.82) is 0 Å². The number of ketones is 1. The van der Waals surface area contributed by atoms with Crippen molar-refractivity contribution in [2.24, 2.45) is 0 Å². The molecule has 0 aliphatic carbocycles. The molecule has 1 aliphatic rings. The Morgan fingerprint density at radius 1 is 1.24 bits per heavy atom. The minimum atomic E-state index is -0.0865. The van der Waals surface area contributed by atoms with E-state index in [9.17, 15) is 4.79 Å². The van der Waals surface area contributed by atoms with Gasteiger partial charge in [-0.1, -0.05) is 12.1 Å². The Kier molecular flexibility index (Phi) is 2.61. The molecule has 1 N–H and O–H groups in total. The fraction of sp³-hybridized carbons (Fsp3) is 0.154. The van der Waals surface area contributed by atoms with Gasteiger partial charge in [0.2, 0.25) is 5.78 Å². The maximum atomic E-state index is 12.2. The van der Waals surface area contributed by atoms with Crippen molar-refractivity contribution in [1.82, 2.24) is 5.32 Å². The normalized spacial score (nSPS) is 13.7. The van der Waals surface area contributed by atoms with Crippen LogP contribution in [0.25, 0.3) is 0 Å². The Labute approximate surface area is 107 Å². The van der Waals surface area contributed by atoms with Crippen LogP contribution >= 0.6 is 15.9 Å². The van der Waals surface area contributed by atoms with Crippen LogP contribution in [0, 0.1) is 0 Å². The Balaban J connectivity index is 2.00. The van der Waals surface area contributed by atoms with Gasteiger partial charge in [-0.15, -0.1) is 0 Å². The number of rotatable bonds is 2. The first kappa shape index (κ1) is 10.7. The topological polar surface area (TPSA) is 42.2 Å². The molecule has 2 heterocycles. The molecule has 0 fully saturated rings. The Morgan fingerprint density at radius 2 is 2.06 bits per heavy atom. The van der Waals surface area contributed by atoms with Gasteiger partial charge in [0.1, 0.15) is 0 Å². The van der Waals surface area contributed by atoms with Gasteiger partial charge >= 0.3 is 0 Å². The van der Waals surface area contributed by atoms with Gasteiger partial charge in [0.05, 0.1) is 10.7 Å². The third-order valence-electron chi connectivity index (χ3n) is 2.92. The van der Waals surface area contributed by atoms with E-state index >= 15 is 0 Å². The van der Waals surface area contributed by atoms with Crippen LogP contribution in [0.3, 0.4) is 0 Å². The van der Waals surface area contributed by atoms with E-state index in [1.807, 2.05) is 18.2 Å². The Hall–Kier alpha value is -1.39. The molecule has 0 bridgehead atoms. The lowest BCUT2D eigenvalue weighted by Crippen LogP contribution is -2.02. The van der Waals surface area contributed by atoms with E-state index in [1.54, 1.807) is 6.07 Å². The number of fused-ring (bicyclic) bond motifs is 1. The summed E-state index contributed by atoms with van der Waals surface area (Å²) in [6.45, 7) is 1.71. The lowest BCUT2D eigenvalue weighted by molar-refractivity contribution is 0.101. The molecule has 0 spiro atoms. The number of hydrogen-bond acceptors (Lipinski definition) is 3. The molecule has 1 aromatic heterocycles. The second kappa shape index (κ2) is 4.13. The van der Waals surface area contributed by atoms with Gasteiger partial charge in [-0.25, -0.2) is 0 Å². The molecule has 3 nitrogen and oxygen atoms in total. The van der Waals surface area contributed by atoms with Gasteiger partial charge in [-0.2, -0.15) is 0 Å². The third-order valence-corrected chi connectivity index (χ3v) is 3.55. The molecule has 3 rings (SSSR count). The summed E-state index contributed by atoms with van der Waals surface area (Å²) in [6, 6.07) is 7.51. The van der Waals surface area contributed by atoms with Crippen LogP contribution in [-0.2, 0) is 13.1 Å². The predicted octanol–water partition coefficient (Wildman–Crippen LogP) is 2.88. The van der Waals surface area contributed by atoms with Crippen LogP contribution in [0.5, 0.6) is 0 Å².